The number of quaternary nitrogens is 1. The minimum absolute atomic E-state index is 0.136. The van der Waals surface area contributed by atoms with Gasteiger partial charge in [-0.1, -0.05) is 49.7 Å². The number of nitrogens with two attached hydrogens (primary N) is 1. The number of hydrogen-bond donors (Lipinski definition) is 2. The Balaban J connectivity index is 1.68. The van der Waals surface area contributed by atoms with Gasteiger partial charge in [0.25, 0.3) is 5.91 Å². The van der Waals surface area contributed by atoms with Crippen LogP contribution in [0.15, 0.2) is 48.5 Å². The monoisotopic (exact) mass is 390 g/mol. The molecule has 3 aliphatic heterocycles. The van der Waals surface area contributed by atoms with Gasteiger partial charge in [-0.05, 0) is 25.1 Å². The summed E-state index contributed by atoms with van der Waals surface area (Å²) in [6.45, 7) is 6.05. The molecule has 3 N–H and O–H groups in total. The van der Waals surface area contributed by atoms with Crippen LogP contribution in [0.1, 0.15) is 25.0 Å². The molecule has 5 rings (SSSR count). The number of anilines is 2. The molecule has 6 nitrogen and oxygen atoms in total. The van der Waals surface area contributed by atoms with Crippen molar-refractivity contribution < 1.29 is 19.7 Å². The van der Waals surface area contributed by atoms with E-state index in [4.69, 9.17) is 0 Å². The summed E-state index contributed by atoms with van der Waals surface area (Å²) in [4.78, 5) is 41.8. The van der Waals surface area contributed by atoms with Gasteiger partial charge in [-0.15, -0.1) is 0 Å². The maximum atomic E-state index is 13.7. The average molecular weight is 390 g/mol. The zero-order valence-electron chi connectivity index (χ0n) is 16.7. The zero-order chi connectivity index (χ0) is 20.5. The van der Waals surface area contributed by atoms with Gasteiger partial charge in [0.05, 0.1) is 11.4 Å². The summed E-state index contributed by atoms with van der Waals surface area (Å²) in [6.07, 6.45) is 0. The summed E-state index contributed by atoms with van der Waals surface area (Å²) in [5.41, 5.74) is 2.06. The predicted octanol–water partition coefficient (Wildman–Crippen LogP) is 1.55. The summed E-state index contributed by atoms with van der Waals surface area (Å²) in [5.74, 6) is -1.79. The molecule has 3 heterocycles. The van der Waals surface area contributed by atoms with Crippen molar-refractivity contribution in [2.45, 2.75) is 32.4 Å². The van der Waals surface area contributed by atoms with Crippen molar-refractivity contribution in [1.29, 1.82) is 0 Å². The first-order valence-electron chi connectivity index (χ1n) is 10.1. The number of carbonyl (C=O) groups is 3. The van der Waals surface area contributed by atoms with Gasteiger partial charge < -0.3 is 10.6 Å². The summed E-state index contributed by atoms with van der Waals surface area (Å²) < 4.78 is 0. The quantitative estimate of drug-likeness (QED) is 0.764. The molecule has 0 unspecified atom stereocenters. The number of carbonyl (C=O) groups excluding carboxylic acids is 3. The molecule has 4 atom stereocenters. The van der Waals surface area contributed by atoms with E-state index in [0.717, 1.165) is 16.8 Å². The third kappa shape index (κ3) is 2.23. The minimum atomic E-state index is -1.09. The van der Waals surface area contributed by atoms with Crippen molar-refractivity contribution in [3.05, 3.63) is 59.7 Å². The highest BCUT2D eigenvalue weighted by molar-refractivity contribution is 6.25. The van der Waals surface area contributed by atoms with Gasteiger partial charge >= 0.3 is 0 Å². The summed E-state index contributed by atoms with van der Waals surface area (Å²) >= 11 is 0. The SMILES string of the molecule is Cc1ccc(N2C(=O)[C@@H]3[C@@H](C(C)C)[NH2+][C@@]4(C(=O)Nc5ccccc54)[C@@H]3C2=O)cc1. The van der Waals surface area contributed by atoms with Crippen LogP contribution in [-0.4, -0.2) is 23.8 Å². The summed E-state index contributed by atoms with van der Waals surface area (Å²) in [5, 5.41) is 4.93. The van der Waals surface area contributed by atoms with Crippen molar-refractivity contribution in [3.8, 4) is 0 Å². The van der Waals surface area contributed by atoms with Gasteiger partial charge in [0.1, 0.15) is 17.9 Å². The molecule has 29 heavy (non-hydrogen) atoms. The standard InChI is InChI=1S/C23H23N3O3/c1-12(2)19-17-18(21(28)26(20(17)27)14-10-8-13(3)9-11-14)23(25-19)15-6-4-5-7-16(15)24-22(23)29/h4-12,17-19,25H,1-3H3,(H,24,29)/p+1/t17-,18-,19+,23+/m0/s1. The molecule has 3 aliphatic rings. The predicted molar refractivity (Wildman–Crippen MR) is 108 cm³/mol. The summed E-state index contributed by atoms with van der Waals surface area (Å²) in [6, 6.07) is 14.7. The van der Waals surface area contributed by atoms with E-state index in [2.05, 4.69) is 5.32 Å². The number of hydrogen-bond acceptors (Lipinski definition) is 3. The van der Waals surface area contributed by atoms with Crippen molar-refractivity contribution in [3.63, 3.8) is 0 Å². The Morgan fingerprint density at radius 2 is 1.69 bits per heavy atom. The maximum Gasteiger partial charge on any atom is 0.291 e. The third-order valence-corrected chi connectivity index (χ3v) is 6.77. The maximum absolute atomic E-state index is 13.7. The largest absolute Gasteiger partial charge is 0.326 e. The molecule has 2 saturated heterocycles. The molecule has 0 saturated carbocycles. The van der Waals surface area contributed by atoms with E-state index in [1.807, 2.05) is 62.5 Å². The molecular weight excluding hydrogens is 366 g/mol. The van der Waals surface area contributed by atoms with Crippen molar-refractivity contribution >= 4 is 29.1 Å². The van der Waals surface area contributed by atoms with Crippen molar-refractivity contribution in [2.24, 2.45) is 17.8 Å². The fourth-order valence-corrected chi connectivity index (χ4v) is 5.40. The minimum Gasteiger partial charge on any atom is -0.326 e. The van der Waals surface area contributed by atoms with Crippen LogP contribution in [0.5, 0.6) is 0 Å². The molecule has 2 aromatic carbocycles. The molecule has 2 aromatic rings. The van der Waals surface area contributed by atoms with Gasteiger partial charge in [-0.2, -0.15) is 0 Å². The Labute approximate surface area is 169 Å². The highest BCUT2D eigenvalue weighted by Crippen LogP contribution is 2.50. The van der Waals surface area contributed by atoms with Crippen molar-refractivity contribution in [2.75, 3.05) is 10.2 Å². The normalized spacial score (nSPS) is 30.3. The lowest BCUT2D eigenvalue weighted by Crippen LogP contribution is -2.99. The van der Waals surface area contributed by atoms with Gasteiger partial charge in [0.2, 0.25) is 17.4 Å². The number of amides is 3. The number of benzene rings is 2. The lowest BCUT2D eigenvalue weighted by atomic mass is 9.76. The van der Waals surface area contributed by atoms with Crippen LogP contribution in [0, 0.1) is 24.7 Å². The molecule has 1 spiro atoms. The molecule has 2 fully saturated rings. The molecule has 3 amide bonds. The Bertz CT molecular complexity index is 1050. The van der Waals surface area contributed by atoms with Gasteiger partial charge in [0.15, 0.2) is 0 Å². The van der Waals surface area contributed by atoms with Crippen LogP contribution in [0.4, 0.5) is 11.4 Å². The van der Waals surface area contributed by atoms with E-state index in [9.17, 15) is 14.4 Å². The molecule has 148 valence electrons. The van der Waals surface area contributed by atoms with Crippen LogP contribution in [0.2, 0.25) is 0 Å². The first-order valence-corrected chi connectivity index (χ1v) is 10.1. The fraction of sp³-hybridized carbons (Fsp3) is 0.348. The van der Waals surface area contributed by atoms with Crippen molar-refractivity contribution in [1.82, 2.24) is 0 Å². The number of aryl methyl sites for hydroxylation is 1. The lowest BCUT2D eigenvalue weighted by Gasteiger charge is -2.27. The van der Waals surface area contributed by atoms with Crippen LogP contribution in [0.25, 0.3) is 0 Å². The first kappa shape index (κ1) is 18.1. The van der Waals surface area contributed by atoms with E-state index in [0.29, 0.717) is 5.69 Å². The van der Waals surface area contributed by atoms with E-state index in [-0.39, 0.29) is 29.7 Å². The lowest BCUT2D eigenvalue weighted by molar-refractivity contribution is -0.738. The van der Waals surface area contributed by atoms with E-state index in [1.54, 1.807) is 12.1 Å². The number of para-hydroxylation sites is 1. The Morgan fingerprint density at radius 3 is 2.38 bits per heavy atom. The van der Waals surface area contributed by atoms with Gasteiger partial charge in [0, 0.05) is 11.5 Å². The highest BCUT2D eigenvalue weighted by atomic mass is 16.2. The van der Waals surface area contributed by atoms with Crippen LogP contribution >= 0.6 is 0 Å². The van der Waals surface area contributed by atoms with Crippen LogP contribution in [-0.2, 0) is 19.9 Å². The van der Waals surface area contributed by atoms with Gasteiger partial charge in [-0.25, -0.2) is 4.90 Å². The molecule has 6 heteroatoms. The third-order valence-electron chi connectivity index (χ3n) is 6.77. The number of nitrogens with one attached hydrogen (secondary N) is 1. The van der Waals surface area contributed by atoms with E-state index < -0.39 is 17.4 Å². The van der Waals surface area contributed by atoms with Gasteiger partial charge in [-0.3, -0.25) is 14.4 Å². The number of nitrogens with zero attached hydrogens (tertiary/aromatic N) is 1. The topological polar surface area (TPSA) is 83.1 Å². The Morgan fingerprint density at radius 1 is 1.00 bits per heavy atom. The molecule has 0 aromatic heterocycles. The molecule has 0 aliphatic carbocycles. The highest BCUT2D eigenvalue weighted by Gasteiger charge is 2.74. The van der Waals surface area contributed by atoms with E-state index >= 15 is 0 Å². The first-order chi connectivity index (χ1) is 13.9. The molecule has 0 bridgehead atoms. The Kier molecular flexibility index (Phi) is 3.74. The smallest absolute Gasteiger partial charge is 0.291 e. The van der Waals surface area contributed by atoms with Crippen LogP contribution in [0.3, 0.4) is 0 Å². The zero-order valence-corrected chi connectivity index (χ0v) is 16.7. The second kappa shape index (κ2) is 6.00. The number of fused-ring (bicyclic) bond motifs is 4. The second-order valence-corrected chi connectivity index (χ2v) is 8.71. The Hall–Kier alpha value is -2.99. The number of imide groups is 1. The fourth-order valence-electron chi connectivity index (χ4n) is 5.40. The molecular formula is C23H24N3O3+. The molecule has 0 radical (unpaired) electrons. The van der Waals surface area contributed by atoms with Crippen LogP contribution < -0.4 is 15.5 Å². The summed E-state index contributed by atoms with van der Waals surface area (Å²) in [7, 11) is 0. The second-order valence-electron chi connectivity index (χ2n) is 8.71. The average Bonchev–Trinajstić information content (AvgIpc) is 3.28. The number of rotatable bonds is 2. The van der Waals surface area contributed by atoms with E-state index in [1.165, 1.54) is 4.90 Å².